The maximum absolute atomic E-state index is 12.0. The van der Waals surface area contributed by atoms with Crippen LogP contribution in [0.1, 0.15) is 26.7 Å². The number of aryl methyl sites for hydroxylation is 1. The zero-order chi connectivity index (χ0) is 13.8. The zero-order valence-corrected chi connectivity index (χ0v) is 12.0. The Bertz CT molecular complexity index is 479. The van der Waals surface area contributed by atoms with Gasteiger partial charge in [-0.2, -0.15) is 5.10 Å². The Labute approximate surface area is 109 Å². The van der Waals surface area contributed by atoms with Gasteiger partial charge in [0.2, 0.25) is 10.0 Å². The Morgan fingerprint density at radius 1 is 1.50 bits per heavy atom. The number of sulfonamides is 1. The molecule has 1 rings (SSSR count). The van der Waals surface area contributed by atoms with Crippen LogP contribution < -0.4 is 10.5 Å². The van der Waals surface area contributed by atoms with Gasteiger partial charge in [-0.25, -0.2) is 13.1 Å². The normalized spacial score (nSPS) is 12.9. The molecule has 0 amide bonds. The molecule has 1 aromatic heterocycles. The van der Waals surface area contributed by atoms with E-state index in [0.29, 0.717) is 13.1 Å². The molecule has 0 aliphatic carbocycles. The van der Waals surface area contributed by atoms with E-state index in [1.807, 2.05) is 13.8 Å². The summed E-state index contributed by atoms with van der Waals surface area (Å²) >= 11 is 0. The lowest BCUT2D eigenvalue weighted by Crippen LogP contribution is -2.34. The van der Waals surface area contributed by atoms with Crippen LogP contribution in [0.4, 0.5) is 0 Å². The monoisotopic (exact) mass is 274 g/mol. The standard InChI is InChI=1S/C11H22N4O2S/c1-11(2,5-4-6-12)9-14-18(16,17)10-7-13-15(3)8-10/h7-8,14H,4-6,9,12H2,1-3H3. The van der Waals surface area contributed by atoms with E-state index in [0.717, 1.165) is 12.8 Å². The molecule has 0 bridgehead atoms. The molecular weight excluding hydrogens is 252 g/mol. The molecule has 0 saturated heterocycles. The zero-order valence-electron chi connectivity index (χ0n) is 11.2. The first kappa shape index (κ1) is 15.1. The minimum Gasteiger partial charge on any atom is -0.330 e. The van der Waals surface area contributed by atoms with Gasteiger partial charge in [0.15, 0.2) is 0 Å². The second-order valence-corrected chi connectivity index (χ2v) is 7.00. The molecule has 0 fully saturated rings. The van der Waals surface area contributed by atoms with Gasteiger partial charge in [-0.3, -0.25) is 4.68 Å². The fourth-order valence-electron chi connectivity index (χ4n) is 1.58. The number of nitrogens with two attached hydrogens (primary N) is 1. The van der Waals surface area contributed by atoms with E-state index in [1.165, 1.54) is 17.1 Å². The maximum Gasteiger partial charge on any atom is 0.243 e. The minimum atomic E-state index is -3.46. The molecule has 0 unspecified atom stereocenters. The van der Waals surface area contributed by atoms with Crippen LogP contribution >= 0.6 is 0 Å². The van der Waals surface area contributed by atoms with Gasteiger partial charge in [0.05, 0.1) is 6.20 Å². The summed E-state index contributed by atoms with van der Waals surface area (Å²) in [5.74, 6) is 0. The Morgan fingerprint density at radius 2 is 2.17 bits per heavy atom. The summed E-state index contributed by atoms with van der Waals surface area (Å²) in [7, 11) is -1.78. The van der Waals surface area contributed by atoms with E-state index in [9.17, 15) is 8.42 Å². The lowest BCUT2D eigenvalue weighted by Gasteiger charge is -2.24. The van der Waals surface area contributed by atoms with Crippen LogP contribution in [0.3, 0.4) is 0 Å². The Hall–Kier alpha value is -0.920. The highest BCUT2D eigenvalue weighted by Crippen LogP contribution is 2.21. The average Bonchev–Trinajstić information content (AvgIpc) is 2.72. The molecule has 0 saturated carbocycles. The molecule has 1 heterocycles. The molecule has 0 atom stereocenters. The van der Waals surface area contributed by atoms with Crippen molar-refractivity contribution in [3.05, 3.63) is 12.4 Å². The molecule has 0 spiro atoms. The van der Waals surface area contributed by atoms with E-state index in [-0.39, 0.29) is 10.3 Å². The van der Waals surface area contributed by atoms with Gasteiger partial charge < -0.3 is 5.73 Å². The summed E-state index contributed by atoms with van der Waals surface area (Å²) in [6.45, 7) is 5.06. The predicted molar refractivity (Wildman–Crippen MR) is 70.5 cm³/mol. The molecule has 0 aliphatic rings. The molecule has 0 radical (unpaired) electrons. The predicted octanol–water partition coefficient (Wildman–Crippen LogP) is 0.464. The van der Waals surface area contributed by atoms with Crippen LogP contribution in [0.5, 0.6) is 0 Å². The lowest BCUT2D eigenvalue weighted by atomic mass is 9.88. The molecule has 18 heavy (non-hydrogen) atoms. The average molecular weight is 274 g/mol. The van der Waals surface area contributed by atoms with Crippen molar-refractivity contribution in [3.8, 4) is 0 Å². The molecule has 0 aliphatic heterocycles. The summed E-state index contributed by atoms with van der Waals surface area (Å²) in [5, 5.41) is 3.86. The summed E-state index contributed by atoms with van der Waals surface area (Å²) < 4.78 is 28.0. The summed E-state index contributed by atoms with van der Waals surface area (Å²) in [6, 6.07) is 0. The molecular formula is C11H22N4O2S. The summed E-state index contributed by atoms with van der Waals surface area (Å²) in [5.41, 5.74) is 5.36. The van der Waals surface area contributed by atoms with Crippen molar-refractivity contribution in [1.29, 1.82) is 0 Å². The number of hydrogen-bond donors (Lipinski definition) is 2. The number of nitrogens with zero attached hydrogens (tertiary/aromatic N) is 2. The van der Waals surface area contributed by atoms with Crippen LogP contribution in [0.2, 0.25) is 0 Å². The lowest BCUT2D eigenvalue weighted by molar-refractivity contribution is 0.327. The van der Waals surface area contributed by atoms with Gasteiger partial charge in [-0.1, -0.05) is 13.8 Å². The van der Waals surface area contributed by atoms with Crippen LogP contribution in [-0.4, -0.2) is 31.3 Å². The Balaban J connectivity index is 2.62. The SMILES string of the molecule is Cn1cc(S(=O)(=O)NCC(C)(C)CCCN)cn1. The first-order valence-corrected chi connectivity index (χ1v) is 7.43. The van der Waals surface area contributed by atoms with Crippen molar-refractivity contribution in [2.24, 2.45) is 18.2 Å². The first-order valence-electron chi connectivity index (χ1n) is 5.95. The van der Waals surface area contributed by atoms with Crippen molar-refractivity contribution < 1.29 is 8.42 Å². The topological polar surface area (TPSA) is 90.0 Å². The number of rotatable bonds is 7. The highest BCUT2D eigenvalue weighted by Gasteiger charge is 2.22. The van der Waals surface area contributed by atoms with Crippen LogP contribution in [0.15, 0.2) is 17.3 Å². The number of hydrogen-bond acceptors (Lipinski definition) is 4. The number of nitrogens with one attached hydrogen (secondary N) is 1. The van der Waals surface area contributed by atoms with Gasteiger partial charge in [-0.05, 0) is 24.8 Å². The molecule has 1 aromatic rings. The third kappa shape index (κ3) is 4.40. The van der Waals surface area contributed by atoms with Crippen molar-refractivity contribution >= 4 is 10.0 Å². The van der Waals surface area contributed by atoms with Gasteiger partial charge in [0.25, 0.3) is 0 Å². The largest absolute Gasteiger partial charge is 0.330 e. The molecule has 6 nitrogen and oxygen atoms in total. The highest BCUT2D eigenvalue weighted by atomic mass is 32.2. The van der Waals surface area contributed by atoms with Crippen LogP contribution in [0.25, 0.3) is 0 Å². The van der Waals surface area contributed by atoms with Crippen LogP contribution in [0, 0.1) is 5.41 Å². The van der Waals surface area contributed by atoms with E-state index in [1.54, 1.807) is 7.05 Å². The van der Waals surface area contributed by atoms with Crippen molar-refractivity contribution in [2.45, 2.75) is 31.6 Å². The Morgan fingerprint density at radius 3 is 2.67 bits per heavy atom. The van der Waals surface area contributed by atoms with Gasteiger partial charge in [0.1, 0.15) is 4.90 Å². The smallest absolute Gasteiger partial charge is 0.243 e. The van der Waals surface area contributed by atoms with Crippen molar-refractivity contribution in [3.63, 3.8) is 0 Å². The molecule has 7 heteroatoms. The third-order valence-corrected chi connectivity index (χ3v) is 4.15. The summed E-state index contributed by atoms with van der Waals surface area (Å²) in [4.78, 5) is 0.194. The van der Waals surface area contributed by atoms with E-state index in [4.69, 9.17) is 5.73 Å². The first-order chi connectivity index (χ1) is 8.27. The minimum absolute atomic E-state index is 0.103. The summed E-state index contributed by atoms with van der Waals surface area (Å²) in [6.07, 6.45) is 4.60. The van der Waals surface area contributed by atoms with Crippen molar-refractivity contribution in [2.75, 3.05) is 13.1 Å². The third-order valence-electron chi connectivity index (χ3n) is 2.79. The second-order valence-electron chi connectivity index (χ2n) is 5.23. The second kappa shape index (κ2) is 5.81. The fraction of sp³-hybridized carbons (Fsp3) is 0.727. The fourth-order valence-corrected chi connectivity index (χ4v) is 2.80. The van der Waals surface area contributed by atoms with E-state index in [2.05, 4.69) is 9.82 Å². The Kier molecular flexibility index (Phi) is 4.89. The quantitative estimate of drug-likeness (QED) is 0.756. The van der Waals surface area contributed by atoms with Crippen molar-refractivity contribution in [1.82, 2.24) is 14.5 Å². The van der Waals surface area contributed by atoms with Crippen LogP contribution in [-0.2, 0) is 17.1 Å². The number of aromatic nitrogens is 2. The highest BCUT2D eigenvalue weighted by molar-refractivity contribution is 7.89. The molecule has 104 valence electrons. The molecule has 0 aromatic carbocycles. The van der Waals surface area contributed by atoms with Gasteiger partial charge >= 0.3 is 0 Å². The van der Waals surface area contributed by atoms with E-state index >= 15 is 0 Å². The molecule has 3 N–H and O–H groups in total. The van der Waals surface area contributed by atoms with Gasteiger partial charge in [0, 0.05) is 19.8 Å². The van der Waals surface area contributed by atoms with Gasteiger partial charge in [-0.15, -0.1) is 0 Å². The maximum atomic E-state index is 12.0. The van der Waals surface area contributed by atoms with E-state index < -0.39 is 10.0 Å².